The van der Waals surface area contributed by atoms with Gasteiger partial charge in [0.15, 0.2) is 0 Å². The van der Waals surface area contributed by atoms with E-state index in [1.165, 1.54) is 6.07 Å². The van der Waals surface area contributed by atoms with Crippen LogP contribution >= 0.6 is 0 Å². The molecule has 0 radical (unpaired) electrons. The number of piperidine rings is 2. The molecule has 0 saturated carbocycles. The van der Waals surface area contributed by atoms with Gasteiger partial charge in [-0.3, -0.25) is 24.4 Å². The second-order valence-corrected chi connectivity index (χ2v) is 8.49. The quantitative estimate of drug-likeness (QED) is 0.776. The highest BCUT2D eigenvalue weighted by molar-refractivity contribution is 5.79. The summed E-state index contributed by atoms with van der Waals surface area (Å²) in [5.41, 5.74) is -0.128. The summed E-state index contributed by atoms with van der Waals surface area (Å²) < 4.78 is 0. The van der Waals surface area contributed by atoms with Gasteiger partial charge in [-0.2, -0.15) is 0 Å². The van der Waals surface area contributed by atoms with Crippen LogP contribution in [0.2, 0.25) is 0 Å². The Morgan fingerprint density at radius 2 is 1.71 bits per heavy atom. The molecule has 1 aromatic rings. The molecule has 154 valence electrons. The van der Waals surface area contributed by atoms with Crippen LogP contribution in [0, 0.1) is 5.92 Å². The molecule has 0 aromatic carbocycles. The van der Waals surface area contributed by atoms with Crippen molar-refractivity contribution in [3.8, 4) is 0 Å². The monoisotopic (exact) mass is 389 g/mol. The number of aromatic amines is 2. The van der Waals surface area contributed by atoms with Crippen LogP contribution in [0.25, 0.3) is 0 Å². The number of hydrogen-bond donors (Lipinski definition) is 2. The lowest BCUT2D eigenvalue weighted by atomic mass is 9.93. The first-order chi connectivity index (χ1) is 13.6. The van der Waals surface area contributed by atoms with E-state index in [1.807, 2.05) is 0 Å². The number of nitrogens with one attached hydrogen (secondary N) is 2. The minimum atomic E-state index is -0.445. The van der Waals surface area contributed by atoms with Gasteiger partial charge >= 0.3 is 5.69 Å². The second-order valence-electron chi connectivity index (χ2n) is 8.49. The number of nitrogens with zero attached hydrogens (tertiary/aromatic N) is 3. The summed E-state index contributed by atoms with van der Waals surface area (Å²) in [6, 6.07) is 2.00. The van der Waals surface area contributed by atoms with Crippen molar-refractivity contribution in [3.05, 3.63) is 32.6 Å². The van der Waals surface area contributed by atoms with Crippen LogP contribution in [0.15, 0.2) is 15.7 Å². The zero-order chi connectivity index (χ0) is 19.5. The fraction of sp³-hybridized carbons (Fsp3) is 0.750. The van der Waals surface area contributed by atoms with Crippen LogP contribution in [0.4, 0.5) is 0 Å². The van der Waals surface area contributed by atoms with E-state index in [0.717, 1.165) is 77.8 Å². The van der Waals surface area contributed by atoms with Gasteiger partial charge in [0.25, 0.3) is 5.56 Å². The first-order valence-corrected chi connectivity index (χ1v) is 10.7. The van der Waals surface area contributed by atoms with Crippen molar-refractivity contribution in [2.24, 2.45) is 5.92 Å². The van der Waals surface area contributed by atoms with Gasteiger partial charge < -0.3 is 9.88 Å². The summed E-state index contributed by atoms with van der Waals surface area (Å²) >= 11 is 0. The highest BCUT2D eigenvalue weighted by atomic mass is 16.2. The Balaban J connectivity index is 1.28. The third-order valence-electron chi connectivity index (χ3n) is 6.50. The molecule has 1 amide bonds. The molecule has 28 heavy (non-hydrogen) atoms. The molecule has 2 N–H and O–H groups in total. The van der Waals surface area contributed by atoms with Crippen LogP contribution in [0.5, 0.6) is 0 Å². The van der Waals surface area contributed by atoms with Gasteiger partial charge in [0.2, 0.25) is 5.91 Å². The molecule has 3 aliphatic rings. The highest BCUT2D eigenvalue weighted by Gasteiger charge is 2.34. The third kappa shape index (κ3) is 4.55. The number of likely N-dealkylation sites (tertiary alicyclic amines) is 3. The number of rotatable bonds is 4. The summed E-state index contributed by atoms with van der Waals surface area (Å²) in [7, 11) is 0. The SMILES string of the molecule is O=C([C@H]1CCCN(C2CCN(Cc3cc(=O)[nH]c(=O)[nH]3)CC2)C1)N1CCCC1. The van der Waals surface area contributed by atoms with Crippen LogP contribution < -0.4 is 11.2 Å². The minimum absolute atomic E-state index is 0.172. The van der Waals surface area contributed by atoms with E-state index >= 15 is 0 Å². The summed E-state index contributed by atoms with van der Waals surface area (Å²) in [4.78, 5) is 47.5. The van der Waals surface area contributed by atoms with Gasteiger partial charge in [0.1, 0.15) is 0 Å². The predicted molar refractivity (Wildman–Crippen MR) is 106 cm³/mol. The average molecular weight is 390 g/mol. The van der Waals surface area contributed by atoms with E-state index in [9.17, 15) is 14.4 Å². The molecule has 0 spiro atoms. The molecule has 4 rings (SSSR count). The molecule has 3 aliphatic heterocycles. The number of carbonyl (C=O) groups is 1. The number of aromatic nitrogens is 2. The van der Waals surface area contributed by atoms with Gasteiger partial charge in [-0.25, -0.2) is 4.79 Å². The second kappa shape index (κ2) is 8.61. The fourth-order valence-electron chi connectivity index (χ4n) is 5.02. The molecular formula is C20H31N5O3. The predicted octanol–water partition coefficient (Wildman–Crippen LogP) is 0.362. The first-order valence-electron chi connectivity index (χ1n) is 10.7. The molecule has 8 nitrogen and oxygen atoms in total. The van der Waals surface area contributed by atoms with Gasteiger partial charge in [-0.05, 0) is 45.1 Å². The smallest absolute Gasteiger partial charge is 0.325 e. The molecule has 0 bridgehead atoms. The van der Waals surface area contributed by atoms with Crippen molar-refractivity contribution in [3.63, 3.8) is 0 Å². The number of H-pyrrole nitrogens is 2. The summed E-state index contributed by atoms with van der Waals surface area (Å²) in [5, 5.41) is 0. The van der Waals surface area contributed by atoms with Crippen LogP contribution in [-0.4, -0.2) is 75.9 Å². The molecule has 0 aliphatic carbocycles. The zero-order valence-corrected chi connectivity index (χ0v) is 16.5. The normalized spacial score (nSPS) is 25.3. The average Bonchev–Trinajstić information content (AvgIpc) is 3.22. The largest absolute Gasteiger partial charge is 0.342 e. The fourth-order valence-corrected chi connectivity index (χ4v) is 5.02. The Kier molecular flexibility index (Phi) is 5.96. The van der Waals surface area contributed by atoms with Crippen molar-refractivity contribution in [1.82, 2.24) is 24.7 Å². The topological polar surface area (TPSA) is 92.5 Å². The van der Waals surface area contributed by atoms with Crippen molar-refractivity contribution >= 4 is 5.91 Å². The molecule has 1 aromatic heterocycles. The van der Waals surface area contributed by atoms with Gasteiger partial charge in [0.05, 0.1) is 5.92 Å². The Morgan fingerprint density at radius 3 is 2.43 bits per heavy atom. The zero-order valence-electron chi connectivity index (χ0n) is 16.5. The minimum Gasteiger partial charge on any atom is -0.342 e. The molecule has 3 fully saturated rings. The van der Waals surface area contributed by atoms with Gasteiger partial charge in [0, 0.05) is 57.1 Å². The Hall–Kier alpha value is -1.93. The summed E-state index contributed by atoms with van der Waals surface area (Å²) in [5.74, 6) is 0.545. The highest BCUT2D eigenvalue weighted by Crippen LogP contribution is 2.26. The van der Waals surface area contributed by atoms with E-state index in [4.69, 9.17) is 0 Å². The first kappa shape index (κ1) is 19.4. The van der Waals surface area contributed by atoms with Gasteiger partial charge in [-0.1, -0.05) is 0 Å². The van der Waals surface area contributed by atoms with E-state index in [0.29, 0.717) is 24.2 Å². The van der Waals surface area contributed by atoms with Crippen molar-refractivity contribution in [1.29, 1.82) is 0 Å². The van der Waals surface area contributed by atoms with Crippen molar-refractivity contribution < 1.29 is 4.79 Å². The number of amides is 1. The maximum absolute atomic E-state index is 12.8. The lowest BCUT2D eigenvalue weighted by molar-refractivity contribution is -0.136. The molecule has 4 heterocycles. The Morgan fingerprint density at radius 1 is 0.964 bits per heavy atom. The lowest BCUT2D eigenvalue weighted by Crippen LogP contribution is -2.51. The summed E-state index contributed by atoms with van der Waals surface area (Å²) in [6.07, 6.45) is 6.58. The van der Waals surface area contributed by atoms with Crippen LogP contribution in [0.3, 0.4) is 0 Å². The summed E-state index contributed by atoms with van der Waals surface area (Å²) in [6.45, 7) is 6.37. The van der Waals surface area contributed by atoms with E-state index in [1.54, 1.807) is 0 Å². The van der Waals surface area contributed by atoms with E-state index < -0.39 is 5.69 Å². The Labute approximate surface area is 164 Å². The maximum Gasteiger partial charge on any atom is 0.325 e. The molecule has 3 saturated heterocycles. The van der Waals surface area contributed by atoms with Crippen LogP contribution in [-0.2, 0) is 11.3 Å². The standard InChI is InChI=1S/C20H31N5O3/c26-18-12-16(21-20(28)22-18)14-23-10-5-17(6-11-23)25-9-3-4-15(13-25)19(27)24-7-1-2-8-24/h12,15,17H,1-11,13-14H2,(H2,21,22,26,28)/t15-/m0/s1. The molecular weight excluding hydrogens is 358 g/mol. The van der Waals surface area contributed by atoms with Crippen molar-refractivity contribution in [2.45, 2.75) is 51.1 Å². The van der Waals surface area contributed by atoms with Crippen molar-refractivity contribution in [2.75, 3.05) is 39.3 Å². The number of hydrogen-bond acceptors (Lipinski definition) is 5. The van der Waals surface area contributed by atoms with E-state index in [-0.39, 0.29) is 11.5 Å². The lowest BCUT2D eigenvalue weighted by Gasteiger charge is -2.42. The van der Waals surface area contributed by atoms with E-state index in [2.05, 4.69) is 24.7 Å². The Bertz CT molecular complexity index is 761. The number of carbonyl (C=O) groups excluding carboxylic acids is 1. The third-order valence-corrected chi connectivity index (χ3v) is 6.50. The molecule has 0 unspecified atom stereocenters. The van der Waals surface area contributed by atoms with Gasteiger partial charge in [-0.15, -0.1) is 0 Å². The molecule has 1 atom stereocenters. The maximum atomic E-state index is 12.8. The van der Waals surface area contributed by atoms with Crippen LogP contribution in [0.1, 0.15) is 44.2 Å². The molecule has 8 heteroatoms.